The van der Waals surface area contributed by atoms with Gasteiger partial charge in [-0.25, -0.2) is 0 Å². The molecule has 2 nitrogen and oxygen atoms in total. The summed E-state index contributed by atoms with van der Waals surface area (Å²) in [6.07, 6.45) is 2.87. The van der Waals surface area contributed by atoms with Crippen LogP contribution in [0.1, 0.15) is 24.0 Å². The number of hydrogen-bond donors (Lipinski definition) is 0. The highest BCUT2D eigenvalue weighted by molar-refractivity contribution is 6.30. The SMILES string of the molecule is O=C1Cc2cc(Cl)ccc2CN1C1CC1. The van der Waals surface area contributed by atoms with E-state index in [4.69, 9.17) is 11.6 Å². The minimum atomic E-state index is 0.257. The van der Waals surface area contributed by atoms with Gasteiger partial charge in [-0.2, -0.15) is 0 Å². The molecule has 1 heterocycles. The number of nitrogens with zero attached hydrogens (tertiary/aromatic N) is 1. The van der Waals surface area contributed by atoms with E-state index in [-0.39, 0.29) is 5.91 Å². The second kappa shape index (κ2) is 3.24. The molecule has 1 aromatic rings. The summed E-state index contributed by atoms with van der Waals surface area (Å²) in [6.45, 7) is 0.774. The first-order valence-electron chi connectivity index (χ1n) is 5.31. The largest absolute Gasteiger partial charge is 0.335 e. The van der Waals surface area contributed by atoms with Crippen LogP contribution < -0.4 is 0 Å². The predicted molar refractivity (Wildman–Crippen MR) is 58.7 cm³/mol. The Bertz CT molecular complexity index is 426. The Morgan fingerprint density at radius 3 is 2.80 bits per heavy atom. The van der Waals surface area contributed by atoms with Crippen LogP contribution in [0.3, 0.4) is 0 Å². The zero-order valence-corrected chi connectivity index (χ0v) is 9.13. The third-order valence-electron chi connectivity index (χ3n) is 3.16. The third-order valence-corrected chi connectivity index (χ3v) is 3.39. The van der Waals surface area contributed by atoms with Gasteiger partial charge in [-0.15, -0.1) is 0 Å². The Balaban J connectivity index is 1.94. The number of carbonyl (C=O) groups is 1. The molecule has 3 rings (SSSR count). The Morgan fingerprint density at radius 1 is 1.27 bits per heavy atom. The van der Waals surface area contributed by atoms with Crippen LogP contribution >= 0.6 is 11.6 Å². The quantitative estimate of drug-likeness (QED) is 0.713. The second-order valence-electron chi connectivity index (χ2n) is 4.34. The van der Waals surface area contributed by atoms with E-state index in [2.05, 4.69) is 0 Å². The average molecular weight is 222 g/mol. The molecule has 1 aliphatic heterocycles. The predicted octanol–water partition coefficient (Wildman–Crippen LogP) is 2.39. The van der Waals surface area contributed by atoms with E-state index in [1.807, 2.05) is 23.1 Å². The molecule has 15 heavy (non-hydrogen) atoms. The Kier molecular flexibility index (Phi) is 1.99. The molecule has 0 aromatic heterocycles. The van der Waals surface area contributed by atoms with E-state index in [0.29, 0.717) is 12.5 Å². The maximum Gasteiger partial charge on any atom is 0.227 e. The van der Waals surface area contributed by atoms with Crippen molar-refractivity contribution in [3.8, 4) is 0 Å². The average Bonchev–Trinajstić information content (AvgIpc) is 3.00. The van der Waals surface area contributed by atoms with Crippen LogP contribution in [0.4, 0.5) is 0 Å². The molecule has 3 heteroatoms. The van der Waals surface area contributed by atoms with Crippen molar-refractivity contribution in [2.75, 3.05) is 0 Å². The van der Waals surface area contributed by atoms with E-state index in [1.165, 1.54) is 18.4 Å². The monoisotopic (exact) mass is 221 g/mol. The zero-order chi connectivity index (χ0) is 10.4. The van der Waals surface area contributed by atoms with Crippen LogP contribution in [0, 0.1) is 0 Å². The lowest BCUT2D eigenvalue weighted by Crippen LogP contribution is -2.37. The van der Waals surface area contributed by atoms with Crippen LogP contribution in [0.2, 0.25) is 5.02 Å². The summed E-state index contributed by atoms with van der Waals surface area (Å²) in [4.78, 5) is 13.8. The second-order valence-corrected chi connectivity index (χ2v) is 4.78. The summed E-state index contributed by atoms with van der Waals surface area (Å²) < 4.78 is 0. The van der Waals surface area contributed by atoms with Gasteiger partial charge in [0.25, 0.3) is 0 Å². The Labute approximate surface area is 93.8 Å². The molecule has 0 unspecified atom stereocenters. The van der Waals surface area contributed by atoms with Gasteiger partial charge in [-0.3, -0.25) is 4.79 Å². The van der Waals surface area contributed by atoms with Gasteiger partial charge in [0.15, 0.2) is 0 Å². The molecule has 1 saturated carbocycles. The summed E-state index contributed by atoms with van der Waals surface area (Å²) in [6, 6.07) is 6.38. The van der Waals surface area contributed by atoms with Gasteiger partial charge in [0, 0.05) is 17.6 Å². The minimum Gasteiger partial charge on any atom is -0.335 e. The van der Waals surface area contributed by atoms with Crippen molar-refractivity contribution in [2.45, 2.75) is 31.8 Å². The van der Waals surface area contributed by atoms with E-state index in [1.54, 1.807) is 0 Å². The topological polar surface area (TPSA) is 20.3 Å². The fraction of sp³-hybridized carbons (Fsp3) is 0.417. The summed E-state index contributed by atoms with van der Waals surface area (Å²) in [5.41, 5.74) is 2.36. The first-order valence-corrected chi connectivity index (χ1v) is 5.68. The molecule has 0 radical (unpaired) electrons. The number of carbonyl (C=O) groups excluding carboxylic acids is 1. The van der Waals surface area contributed by atoms with Crippen molar-refractivity contribution < 1.29 is 4.79 Å². The summed E-state index contributed by atoms with van der Waals surface area (Å²) in [7, 11) is 0. The lowest BCUT2D eigenvalue weighted by Gasteiger charge is -2.28. The lowest BCUT2D eigenvalue weighted by molar-refractivity contribution is -0.132. The number of fused-ring (bicyclic) bond motifs is 1. The van der Waals surface area contributed by atoms with Crippen LogP contribution in [0.15, 0.2) is 18.2 Å². The van der Waals surface area contributed by atoms with E-state index < -0.39 is 0 Å². The third kappa shape index (κ3) is 1.63. The van der Waals surface area contributed by atoms with Crippen LogP contribution in [-0.4, -0.2) is 16.8 Å². The Morgan fingerprint density at radius 2 is 2.07 bits per heavy atom. The highest BCUT2D eigenvalue weighted by Crippen LogP contribution is 2.32. The van der Waals surface area contributed by atoms with Crippen LogP contribution in [0.5, 0.6) is 0 Å². The maximum atomic E-state index is 11.8. The molecule has 1 aromatic carbocycles. The van der Waals surface area contributed by atoms with Crippen molar-refractivity contribution >= 4 is 17.5 Å². The van der Waals surface area contributed by atoms with Gasteiger partial charge in [0.05, 0.1) is 6.42 Å². The molecular formula is C12H12ClNO. The molecule has 1 fully saturated rings. The maximum absolute atomic E-state index is 11.8. The summed E-state index contributed by atoms with van der Waals surface area (Å²) in [5.74, 6) is 0.257. The number of benzene rings is 1. The minimum absolute atomic E-state index is 0.257. The molecule has 1 amide bonds. The molecule has 2 aliphatic rings. The molecule has 0 saturated heterocycles. The number of amides is 1. The van der Waals surface area contributed by atoms with Crippen molar-refractivity contribution in [3.05, 3.63) is 34.3 Å². The highest BCUT2D eigenvalue weighted by atomic mass is 35.5. The molecule has 0 atom stereocenters. The standard InChI is InChI=1S/C12H12ClNO/c13-10-2-1-8-7-14(11-3-4-11)12(15)6-9(8)5-10/h1-2,5,11H,3-4,6-7H2. The van der Waals surface area contributed by atoms with Crippen LogP contribution in [0.25, 0.3) is 0 Å². The highest BCUT2D eigenvalue weighted by Gasteiger charge is 2.35. The first kappa shape index (κ1) is 9.22. The van der Waals surface area contributed by atoms with E-state index in [9.17, 15) is 4.79 Å². The molecule has 0 spiro atoms. The van der Waals surface area contributed by atoms with Crippen molar-refractivity contribution in [2.24, 2.45) is 0 Å². The molecule has 0 bridgehead atoms. The Hall–Kier alpha value is -1.02. The molecule has 78 valence electrons. The normalized spacial score (nSPS) is 20.3. The molecule has 0 N–H and O–H groups in total. The lowest BCUT2D eigenvalue weighted by atomic mass is 9.99. The van der Waals surface area contributed by atoms with Gasteiger partial charge >= 0.3 is 0 Å². The fourth-order valence-electron chi connectivity index (χ4n) is 2.17. The van der Waals surface area contributed by atoms with Gasteiger partial charge in [-0.05, 0) is 36.1 Å². The van der Waals surface area contributed by atoms with E-state index >= 15 is 0 Å². The van der Waals surface area contributed by atoms with Crippen molar-refractivity contribution in [1.82, 2.24) is 4.90 Å². The van der Waals surface area contributed by atoms with Gasteiger partial charge in [0.2, 0.25) is 5.91 Å². The van der Waals surface area contributed by atoms with Gasteiger partial charge in [-0.1, -0.05) is 17.7 Å². The van der Waals surface area contributed by atoms with Crippen molar-refractivity contribution in [3.63, 3.8) is 0 Å². The summed E-state index contributed by atoms with van der Waals surface area (Å²) >= 11 is 5.91. The smallest absolute Gasteiger partial charge is 0.227 e. The van der Waals surface area contributed by atoms with Crippen molar-refractivity contribution in [1.29, 1.82) is 0 Å². The number of rotatable bonds is 1. The van der Waals surface area contributed by atoms with Crippen LogP contribution in [-0.2, 0) is 17.8 Å². The summed E-state index contributed by atoms with van der Waals surface area (Å²) in [5, 5.41) is 0.724. The molecule has 1 aliphatic carbocycles. The van der Waals surface area contributed by atoms with Gasteiger partial charge < -0.3 is 4.90 Å². The number of halogens is 1. The first-order chi connectivity index (χ1) is 7.24. The van der Waals surface area contributed by atoms with E-state index in [0.717, 1.165) is 17.1 Å². The zero-order valence-electron chi connectivity index (χ0n) is 8.37. The molecular weight excluding hydrogens is 210 g/mol. The van der Waals surface area contributed by atoms with Gasteiger partial charge in [0.1, 0.15) is 0 Å². The number of hydrogen-bond acceptors (Lipinski definition) is 1. The fourth-order valence-corrected chi connectivity index (χ4v) is 2.36.